The Morgan fingerprint density at radius 3 is 2.73 bits per heavy atom. The van der Waals surface area contributed by atoms with Crippen LogP contribution in [0, 0.1) is 11.8 Å². The van der Waals surface area contributed by atoms with Crippen LogP contribution in [0.15, 0.2) is 48.6 Å². The lowest BCUT2D eigenvalue weighted by Gasteiger charge is -2.45. The number of benzene rings is 2. The number of rotatable bonds is 2. The van der Waals surface area contributed by atoms with Crippen molar-refractivity contribution in [3.8, 4) is 5.75 Å². The molecule has 8 nitrogen and oxygen atoms in total. The molecule has 0 unspecified atom stereocenters. The fraction of sp³-hybridized carbons (Fsp3) is 0.559. The highest BCUT2D eigenvalue weighted by Crippen LogP contribution is 2.46. The lowest BCUT2D eigenvalue weighted by atomic mass is 9.68. The summed E-state index contributed by atoms with van der Waals surface area (Å²) in [5.74, 6) is 0.284. The molecule has 4 aliphatic rings. The number of carbonyl (C=O) groups excluding carboxylic acids is 1. The lowest BCUT2D eigenvalue weighted by Crippen LogP contribution is -2.49. The average molecular weight is 643 g/mol. The molecule has 10 heteroatoms. The Bertz CT molecular complexity index is 1550. The summed E-state index contributed by atoms with van der Waals surface area (Å²) in [5, 5.41) is 21.4. The number of aliphatic hydroxyl groups is 2. The van der Waals surface area contributed by atoms with Gasteiger partial charge in [0, 0.05) is 29.1 Å². The van der Waals surface area contributed by atoms with Crippen LogP contribution in [-0.4, -0.2) is 61.2 Å². The van der Waals surface area contributed by atoms with Crippen LogP contribution in [0.3, 0.4) is 0 Å². The van der Waals surface area contributed by atoms with Crippen LogP contribution in [0.5, 0.6) is 5.75 Å². The van der Waals surface area contributed by atoms with Crippen LogP contribution in [0.25, 0.3) is 0 Å². The molecule has 6 rings (SSSR count). The molecule has 1 spiro atoms. The van der Waals surface area contributed by atoms with E-state index in [-0.39, 0.29) is 35.7 Å². The second-order valence-corrected chi connectivity index (χ2v) is 16.3. The van der Waals surface area contributed by atoms with E-state index in [1.54, 1.807) is 38.1 Å². The fourth-order valence-corrected chi connectivity index (χ4v) is 9.48. The predicted molar refractivity (Wildman–Crippen MR) is 172 cm³/mol. The second kappa shape index (κ2) is 12.0. The van der Waals surface area contributed by atoms with Crippen molar-refractivity contribution in [3.63, 3.8) is 0 Å². The summed E-state index contributed by atoms with van der Waals surface area (Å²) in [7, 11) is -4.12. The van der Waals surface area contributed by atoms with E-state index in [2.05, 4.69) is 21.8 Å². The Morgan fingerprint density at radius 2 is 1.98 bits per heavy atom. The molecular formula is C34H43ClN2O6S. The van der Waals surface area contributed by atoms with Crippen LogP contribution in [0.2, 0.25) is 5.02 Å². The van der Waals surface area contributed by atoms with Crippen LogP contribution >= 0.6 is 11.6 Å². The fourth-order valence-electron chi connectivity index (χ4n) is 7.67. The van der Waals surface area contributed by atoms with Crippen molar-refractivity contribution in [2.45, 2.75) is 87.6 Å². The number of ether oxygens (including phenoxy) is 1. The summed E-state index contributed by atoms with van der Waals surface area (Å²) in [6, 6.07) is 11.2. The third kappa shape index (κ3) is 6.39. The standard InChI is InChI=1S/C34H43ClN2O6S/c1-33(2,40)18-26-7-3-4-8-30(38)27-12-9-24(27)19-37-20-34(15-5-6-22-16-25(35)11-13-28(22)34)21-43-31-14-10-23(17-29(31)37)32(39)36-44(26,41)42/h4,8,10-11,13-14,16-17,24,26-27,30,38,40H,3,5-7,9,12,15,18-21H2,1-2H3,(H,36,39)/b8-4+/t24-,26+,27+,30-,34-/m0/s1. The molecular weight excluding hydrogens is 600 g/mol. The molecule has 5 atom stereocenters. The number of hydrogen-bond acceptors (Lipinski definition) is 7. The van der Waals surface area contributed by atoms with Crippen molar-refractivity contribution in [2.75, 3.05) is 24.6 Å². The largest absolute Gasteiger partial charge is 0.490 e. The minimum absolute atomic E-state index is 0.0305. The van der Waals surface area contributed by atoms with E-state index in [0.29, 0.717) is 31.9 Å². The van der Waals surface area contributed by atoms with Crippen LogP contribution in [-0.2, 0) is 21.9 Å². The van der Waals surface area contributed by atoms with Crippen LogP contribution < -0.4 is 14.4 Å². The number of hydrogen-bond donors (Lipinski definition) is 3. The van der Waals surface area contributed by atoms with E-state index >= 15 is 0 Å². The average Bonchev–Trinajstić information content (AvgIpc) is 3.08. The van der Waals surface area contributed by atoms with Gasteiger partial charge < -0.3 is 19.8 Å². The van der Waals surface area contributed by atoms with E-state index < -0.39 is 32.9 Å². The second-order valence-electron chi connectivity index (χ2n) is 13.9. The van der Waals surface area contributed by atoms with Gasteiger partial charge in [-0.25, -0.2) is 13.1 Å². The number of carbonyl (C=O) groups is 1. The van der Waals surface area contributed by atoms with Crippen LogP contribution in [0.4, 0.5) is 5.69 Å². The van der Waals surface area contributed by atoms with E-state index in [1.165, 1.54) is 11.1 Å². The highest BCUT2D eigenvalue weighted by Gasteiger charge is 2.44. The molecule has 1 fully saturated rings. The number of anilines is 1. The van der Waals surface area contributed by atoms with E-state index in [0.717, 1.165) is 42.8 Å². The maximum Gasteiger partial charge on any atom is 0.264 e. The van der Waals surface area contributed by atoms with Gasteiger partial charge in [-0.05, 0) is 119 Å². The minimum atomic E-state index is -4.12. The molecule has 2 aliphatic heterocycles. The molecule has 0 saturated heterocycles. The molecule has 44 heavy (non-hydrogen) atoms. The van der Waals surface area contributed by atoms with Gasteiger partial charge in [0.05, 0.1) is 29.2 Å². The molecule has 3 N–H and O–H groups in total. The Morgan fingerprint density at radius 1 is 1.16 bits per heavy atom. The van der Waals surface area contributed by atoms with Crippen molar-refractivity contribution in [2.24, 2.45) is 11.8 Å². The zero-order valence-electron chi connectivity index (χ0n) is 25.5. The minimum Gasteiger partial charge on any atom is -0.490 e. The van der Waals surface area contributed by atoms with E-state index in [9.17, 15) is 23.4 Å². The van der Waals surface area contributed by atoms with Gasteiger partial charge in [-0.3, -0.25) is 4.79 Å². The van der Waals surface area contributed by atoms with Crippen LogP contribution in [0.1, 0.15) is 80.3 Å². The van der Waals surface area contributed by atoms with Crippen molar-refractivity contribution in [3.05, 3.63) is 70.3 Å². The van der Waals surface area contributed by atoms with Crippen molar-refractivity contribution in [1.29, 1.82) is 0 Å². The zero-order chi connectivity index (χ0) is 31.3. The Labute approximate surface area is 265 Å². The molecule has 1 saturated carbocycles. The molecule has 2 aromatic rings. The summed E-state index contributed by atoms with van der Waals surface area (Å²) in [5.41, 5.74) is 1.93. The molecule has 2 bridgehead atoms. The monoisotopic (exact) mass is 642 g/mol. The highest BCUT2D eigenvalue weighted by molar-refractivity contribution is 7.90. The first-order chi connectivity index (χ1) is 20.8. The number of allylic oxidation sites excluding steroid dienone is 1. The maximum atomic E-state index is 13.5. The predicted octanol–water partition coefficient (Wildman–Crippen LogP) is 5.14. The summed E-state index contributed by atoms with van der Waals surface area (Å²) in [4.78, 5) is 15.8. The highest BCUT2D eigenvalue weighted by atomic mass is 35.5. The van der Waals surface area contributed by atoms with Gasteiger partial charge in [0.15, 0.2) is 0 Å². The normalized spacial score (nSPS) is 31.0. The summed E-state index contributed by atoms with van der Waals surface area (Å²) < 4.78 is 35.8. The third-order valence-electron chi connectivity index (χ3n) is 10.1. The first-order valence-electron chi connectivity index (χ1n) is 15.8. The molecule has 238 valence electrons. The lowest BCUT2D eigenvalue weighted by molar-refractivity contribution is 0.0455. The van der Waals surface area contributed by atoms with Gasteiger partial charge in [-0.1, -0.05) is 29.8 Å². The number of halogens is 1. The number of nitrogens with zero attached hydrogens (tertiary/aromatic N) is 1. The molecule has 2 heterocycles. The first kappa shape index (κ1) is 31.4. The van der Waals surface area contributed by atoms with E-state index in [1.807, 2.05) is 12.1 Å². The molecule has 2 aromatic carbocycles. The van der Waals surface area contributed by atoms with E-state index in [4.69, 9.17) is 16.3 Å². The molecule has 1 amide bonds. The van der Waals surface area contributed by atoms with Gasteiger partial charge in [-0.15, -0.1) is 0 Å². The van der Waals surface area contributed by atoms with Gasteiger partial charge in [0.25, 0.3) is 5.91 Å². The number of nitrogens with one attached hydrogen (secondary N) is 1. The van der Waals surface area contributed by atoms with Crippen molar-refractivity contribution >= 4 is 33.2 Å². The van der Waals surface area contributed by atoms with Crippen molar-refractivity contribution in [1.82, 2.24) is 4.72 Å². The molecule has 0 aromatic heterocycles. The van der Waals surface area contributed by atoms with Gasteiger partial charge in [-0.2, -0.15) is 0 Å². The quantitative estimate of drug-likeness (QED) is 0.389. The van der Waals surface area contributed by atoms with Crippen molar-refractivity contribution < 1.29 is 28.2 Å². The van der Waals surface area contributed by atoms with Gasteiger partial charge in [0.2, 0.25) is 10.0 Å². The zero-order valence-corrected chi connectivity index (χ0v) is 27.0. The summed E-state index contributed by atoms with van der Waals surface area (Å²) in [6.07, 6.45) is 8.39. The number of aryl methyl sites for hydroxylation is 1. The van der Waals surface area contributed by atoms with Gasteiger partial charge >= 0.3 is 0 Å². The Kier molecular flexibility index (Phi) is 8.54. The number of amides is 1. The maximum absolute atomic E-state index is 13.5. The molecule has 0 radical (unpaired) electrons. The number of sulfonamides is 1. The first-order valence-corrected chi connectivity index (χ1v) is 17.7. The summed E-state index contributed by atoms with van der Waals surface area (Å²) in [6.45, 7) is 4.96. The molecule has 2 aliphatic carbocycles. The SMILES string of the molecule is CC(C)(O)C[C@H]1CC/C=C/[C@H](O)[C@@H]2CC[C@H]2CN2C[C@@]3(CCCc4cc(Cl)ccc43)COc3ccc(cc32)C(=O)NS1(=O)=O. The number of fused-ring (bicyclic) bond motifs is 4. The Balaban J connectivity index is 1.40. The number of aliphatic hydroxyl groups excluding tert-OH is 1. The van der Waals surface area contributed by atoms with Gasteiger partial charge in [0.1, 0.15) is 5.75 Å². The smallest absolute Gasteiger partial charge is 0.264 e. The topological polar surface area (TPSA) is 116 Å². The third-order valence-corrected chi connectivity index (χ3v) is 12.0. The Hall–Kier alpha value is -2.59. The summed E-state index contributed by atoms with van der Waals surface area (Å²) >= 11 is 6.39.